The largest absolute Gasteiger partial charge is 0.356 e. The van der Waals surface area contributed by atoms with Crippen LogP contribution in [0.3, 0.4) is 0 Å². The van der Waals surface area contributed by atoms with Gasteiger partial charge in [-0.1, -0.05) is 12.1 Å². The van der Waals surface area contributed by atoms with Gasteiger partial charge in [0, 0.05) is 25.2 Å². The molecule has 0 saturated heterocycles. The van der Waals surface area contributed by atoms with E-state index >= 15 is 0 Å². The molecule has 1 aliphatic rings. The number of fused-ring (bicyclic) bond motifs is 1. The number of nitrogens with two attached hydrogens (primary N) is 1. The Kier molecular flexibility index (Phi) is 3.94. The lowest BCUT2D eigenvalue weighted by Crippen LogP contribution is -2.27. The van der Waals surface area contributed by atoms with Crippen LogP contribution in [-0.4, -0.2) is 24.9 Å². The highest BCUT2D eigenvalue weighted by atomic mass is 16.2. The first-order valence-corrected chi connectivity index (χ1v) is 6.07. The van der Waals surface area contributed by atoms with E-state index < -0.39 is 0 Å². The van der Waals surface area contributed by atoms with Gasteiger partial charge in [-0.3, -0.25) is 9.59 Å². The van der Waals surface area contributed by atoms with Crippen molar-refractivity contribution in [1.29, 1.82) is 0 Å². The molecule has 0 aliphatic carbocycles. The summed E-state index contributed by atoms with van der Waals surface area (Å²) >= 11 is 0. The number of benzene rings is 1. The molecule has 1 aromatic rings. The van der Waals surface area contributed by atoms with Gasteiger partial charge in [0.2, 0.25) is 11.8 Å². The van der Waals surface area contributed by atoms with Crippen LogP contribution in [0.15, 0.2) is 18.2 Å². The second-order valence-corrected chi connectivity index (χ2v) is 4.36. The summed E-state index contributed by atoms with van der Waals surface area (Å²) in [7, 11) is 0. The van der Waals surface area contributed by atoms with Crippen molar-refractivity contribution in [2.75, 3.05) is 18.4 Å². The summed E-state index contributed by atoms with van der Waals surface area (Å²) in [4.78, 5) is 22.4. The monoisotopic (exact) mass is 247 g/mol. The Balaban J connectivity index is 1.86. The zero-order chi connectivity index (χ0) is 13.0. The number of carbonyl (C=O) groups is 2. The summed E-state index contributed by atoms with van der Waals surface area (Å²) in [5, 5.41) is 5.60. The highest BCUT2D eigenvalue weighted by molar-refractivity contribution is 5.99. The Labute approximate surface area is 106 Å². The number of carbonyl (C=O) groups excluding carboxylic acids is 2. The van der Waals surface area contributed by atoms with Crippen LogP contribution in [0.4, 0.5) is 5.69 Å². The van der Waals surface area contributed by atoms with Gasteiger partial charge in [-0.15, -0.1) is 0 Å². The third-order valence-corrected chi connectivity index (χ3v) is 2.90. The number of hydrogen-bond donors (Lipinski definition) is 3. The van der Waals surface area contributed by atoms with Crippen LogP contribution < -0.4 is 16.4 Å². The molecule has 5 heteroatoms. The number of rotatable bonds is 5. The van der Waals surface area contributed by atoms with E-state index in [1.807, 2.05) is 18.2 Å². The molecule has 5 nitrogen and oxygen atoms in total. The minimum absolute atomic E-state index is 0.0181. The first-order valence-electron chi connectivity index (χ1n) is 6.07. The van der Waals surface area contributed by atoms with E-state index in [9.17, 15) is 9.59 Å². The Bertz CT molecular complexity index is 471. The smallest absolute Gasteiger partial charge is 0.228 e. The first kappa shape index (κ1) is 12.6. The van der Waals surface area contributed by atoms with Gasteiger partial charge in [0.25, 0.3) is 0 Å². The number of hydrogen-bond acceptors (Lipinski definition) is 3. The van der Waals surface area contributed by atoms with Crippen LogP contribution in [0.5, 0.6) is 0 Å². The van der Waals surface area contributed by atoms with Crippen molar-refractivity contribution < 1.29 is 9.59 Å². The summed E-state index contributed by atoms with van der Waals surface area (Å²) in [5.41, 5.74) is 8.34. The van der Waals surface area contributed by atoms with Gasteiger partial charge < -0.3 is 16.4 Å². The molecule has 2 rings (SSSR count). The second-order valence-electron chi connectivity index (χ2n) is 4.36. The van der Waals surface area contributed by atoms with Crippen LogP contribution in [-0.2, 0) is 22.4 Å². The third-order valence-electron chi connectivity index (χ3n) is 2.90. The fraction of sp³-hybridized carbons (Fsp3) is 0.385. The molecule has 0 fully saturated rings. The van der Waals surface area contributed by atoms with Crippen molar-refractivity contribution in [1.82, 2.24) is 5.32 Å². The molecule has 0 bridgehead atoms. The zero-order valence-electron chi connectivity index (χ0n) is 10.2. The highest BCUT2D eigenvalue weighted by Gasteiger charge is 2.17. The maximum absolute atomic E-state index is 11.2. The Morgan fingerprint density at radius 3 is 3.06 bits per heavy atom. The lowest BCUT2D eigenvalue weighted by atomic mass is 10.1. The average molecular weight is 247 g/mol. The molecule has 2 amide bonds. The molecule has 0 radical (unpaired) electrons. The van der Waals surface area contributed by atoms with E-state index in [2.05, 4.69) is 10.6 Å². The number of amides is 2. The van der Waals surface area contributed by atoms with E-state index in [1.165, 1.54) is 0 Å². The Morgan fingerprint density at radius 1 is 1.44 bits per heavy atom. The van der Waals surface area contributed by atoms with Crippen LogP contribution in [0.25, 0.3) is 0 Å². The Morgan fingerprint density at radius 2 is 2.28 bits per heavy atom. The van der Waals surface area contributed by atoms with E-state index in [0.29, 0.717) is 25.9 Å². The second kappa shape index (κ2) is 5.64. The number of anilines is 1. The Hall–Kier alpha value is -1.88. The maximum atomic E-state index is 11.2. The van der Waals surface area contributed by atoms with Gasteiger partial charge in [-0.2, -0.15) is 0 Å². The fourth-order valence-corrected chi connectivity index (χ4v) is 2.00. The molecule has 96 valence electrons. The average Bonchev–Trinajstić information content (AvgIpc) is 2.69. The molecule has 1 aromatic carbocycles. The summed E-state index contributed by atoms with van der Waals surface area (Å²) in [5.74, 6) is 0.0221. The molecular formula is C13H17N3O2. The third kappa shape index (κ3) is 3.07. The summed E-state index contributed by atoms with van der Waals surface area (Å²) in [6.07, 6.45) is 1.57. The molecule has 4 N–H and O–H groups in total. The molecule has 18 heavy (non-hydrogen) atoms. The topological polar surface area (TPSA) is 84.2 Å². The van der Waals surface area contributed by atoms with Crippen LogP contribution in [0.2, 0.25) is 0 Å². The molecule has 0 aromatic heterocycles. The van der Waals surface area contributed by atoms with E-state index in [-0.39, 0.29) is 11.8 Å². The number of nitrogens with one attached hydrogen (secondary N) is 2. The van der Waals surface area contributed by atoms with E-state index in [4.69, 9.17) is 5.73 Å². The van der Waals surface area contributed by atoms with Gasteiger partial charge in [-0.25, -0.2) is 0 Å². The van der Waals surface area contributed by atoms with Crippen molar-refractivity contribution in [3.8, 4) is 0 Å². The van der Waals surface area contributed by atoms with Crippen molar-refractivity contribution in [2.24, 2.45) is 5.73 Å². The van der Waals surface area contributed by atoms with E-state index in [1.54, 1.807) is 0 Å². The van der Waals surface area contributed by atoms with Crippen molar-refractivity contribution >= 4 is 17.5 Å². The maximum Gasteiger partial charge on any atom is 0.228 e. The van der Waals surface area contributed by atoms with Crippen molar-refractivity contribution in [3.63, 3.8) is 0 Å². The molecule has 1 heterocycles. The normalized spacial score (nSPS) is 13.1. The molecule has 0 spiro atoms. The van der Waals surface area contributed by atoms with Crippen LogP contribution in [0.1, 0.15) is 17.5 Å². The lowest BCUT2D eigenvalue weighted by molar-refractivity contribution is -0.120. The van der Waals surface area contributed by atoms with Gasteiger partial charge in [0.05, 0.1) is 6.42 Å². The SMILES string of the molecule is NCCC(=O)NCCc1ccc2c(c1)CC(=O)N2. The predicted octanol–water partition coefficient (Wildman–Crippen LogP) is 0.189. The quantitative estimate of drug-likeness (QED) is 0.694. The van der Waals surface area contributed by atoms with Gasteiger partial charge in [0.1, 0.15) is 0 Å². The summed E-state index contributed by atoms with van der Waals surface area (Å²) in [6.45, 7) is 0.970. The molecular weight excluding hydrogens is 230 g/mol. The summed E-state index contributed by atoms with van der Waals surface area (Å²) in [6, 6.07) is 5.90. The van der Waals surface area contributed by atoms with Crippen LogP contribution in [0, 0.1) is 0 Å². The van der Waals surface area contributed by atoms with Crippen LogP contribution >= 0.6 is 0 Å². The standard InChI is InChI=1S/C13H17N3O2/c14-5-3-12(17)15-6-4-9-1-2-11-10(7-9)8-13(18)16-11/h1-2,7H,3-6,8,14H2,(H,15,17)(H,16,18). The fourth-order valence-electron chi connectivity index (χ4n) is 2.00. The lowest BCUT2D eigenvalue weighted by Gasteiger charge is -2.06. The minimum Gasteiger partial charge on any atom is -0.356 e. The summed E-state index contributed by atoms with van der Waals surface area (Å²) < 4.78 is 0. The minimum atomic E-state index is -0.0181. The van der Waals surface area contributed by atoms with Crippen molar-refractivity contribution in [3.05, 3.63) is 29.3 Å². The zero-order valence-corrected chi connectivity index (χ0v) is 10.2. The molecule has 1 aliphatic heterocycles. The van der Waals surface area contributed by atoms with Crippen molar-refractivity contribution in [2.45, 2.75) is 19.3 Å². The predicted molar refractivity (Wildman–Crippen MR) is 69.2 cm³/mol. The highest BCUT2D eigenvalue weighted by Crippen LogP contribution is 2.23. The van der Waals surface area contributed by atoms with E-state index in [0.717, 1.165) is 23.2 Å². The van der Waals surface area contributed by atoms with Gasteiger partial charge in [-0.05, 0) is 23.6 Å². The van der Waals surface area contributed by atoms with Gasteiger partial charge in [0.15, 0.2) is 0 Å². The first-order chi connectivity index (χ1) is 8.69. The molecule has 0 unspecified atom stereocenters. The molecule has 0 atom stereocenters. The van der Waals surface area contributed by atoms with Gasteiger partial charge >= 0.3 is 0 Å². The molecule has 0 saturated carbocycles.